The van der Waals surface area contributed by atoms with Crippen LogP contribution in [0.3, 0.4) is 0 Å². The number of nitrogens with zero attached hydrogens (tertiary/aromatic N) is 1. The van der Waals surface area contributed by atoms with Gasteiger partial charge in [-0.15, -0.1) is 0 Å². The number of alkyl halides is 2. The molecule has 0 aliphatic carbocycles. The Morgan fingerprint density at radius 3 is 2.62 bits per heavy atom. The van der Waals surface area contributed by atoms with Crippen molar-refractivity contribution in [1.29, 1.82) is 5.26 Å². The van der Waals surface area contributed by atoms with E-state index < -0.39 is 6.43 Å². The first-order chi connectivity index (χ1) is 6.19. The standard InChI is InChI=1S/C10H9F2N/c1-2-7-3-4-8(6-13)9(5-7)10(11)12/h3-5,10H,2H2,1H3. The van der Waals surface area contributed by atoms with E-state index in [1.807, 2.05) is 6.92 Å². The maximum atomic E-state index is 12.4. The van der Waals surface area contributed by atoms with Gasteiger partial charge in [-0.3, -0.25) is 0 Å². The molecule has 0 heterocycles. The summed E-state index contributed by atoms with van der Waals surface area (Å²) >= 11 is 0. The van der Waals surface area contributed by atoms with Crippen LogP contribution >= 0.6 is 0 Å². The number of rotatable bonds is 2. The van der Waals surface area contributed by atoms with E-state index in [1.54, 1.807) is 12.1 Å². The Labute approximate surface area is 75.6 Å². The van der Waals surface area contributed by atoms with E-state index in [0.717, 1.165) is 5.56 Å². The molecular formula is C10H9F2N. The molecule has 0 spiro atoms. The van der Waals surface area contributed by atoms with Gasteiger partial charge in [-0.2, -0.15) is 5.26 Å². The predicted molar refractivity (Wildman–Crippen MR) is 45.5 cm³/mol. The summed E-state index contributed by atoms with van der Waals surface area (Å²) in [4.78, 5) is 0. The minimum atomic E-state index is -2.57. The number of aryl methyl sites for hydroxylation is 1. The maximum Gasteiger partial charge on any atom is 0.265 e. The molecule has 1 nitrogen and oxygen atoms in total. The second-order valence-electron chi connectivity index (χ2n) is 2.69. The SMILES string of the molecule is CCc1ccc(C#N)c(C(F)F)c1. The summed E-state index contributed by atoms with van der Waals surface area (Å²) in [6.07, 6.45) is -1.87. The van der Waals surface area contributed by atoms with Crippen LogP contribution in [0.1, 0.15) is 30.0 Å². The number of hydrogen-bond acceptors (Lipinski definition) is 1. The van der Waals surface area contributed by atoms with Crippen molar-refractivity contribution in [3.05, 3.63) is 34.9 Å². The van der Waals surface area contributed by atoms with Crippen LogP contribution in [0.25, 0.3) is 0 Å². The van der Waals surface area contributed by atoms with E-state index in [2.05, 4.69) is 0 Å². The second kappa shape index (κ2) is 3.99. The molecule has 0 aliphatic heterocycles. The third-order valence-corrected chi connectivity index (χ3v) is 1.88. The number of halogens is 2. The minimum absolute atomic E-state index is 0.0622. The summed E-state index contributed by atoms with van der Waals surface area (Å²) in [5.74, 6) is 0. The normalized spacial score (nSPS) is 10.1. The van der Waals surface area contributed by atoms with Crippen LogP contribution in [0.2, 0.25) is 0 Å². The van der Waals surface area contributed by atoms with Gasteiger partial charge in [-0.05, 0) is 24.1 Å². The summed E-state index contributed by atoms with van der Waals surface area (Å²) in [6, 6.07) is 6.28. The molecule has 0 saturated heterocycles. The van der Waals surface area contributed by atoms with E-state index in [0.29, 0.717) is 6.42 Å². The molecule has 68 valence electrons. The molecule has 13 heavy (non-hydrogen) atoms. The summed E-state index contributed by atoms with van der Waals surface area (Å²) < 4.78 is 24.8. The zero-order valence-electron chi connectivity index (χ0n) is 7.22. The molecule has 0 atom stereocenters. The molecule has 0 radical (unpaired) electrons. The molecule has 0 amide bonds. The van der Waals surface area contributed by atoms with Gasteiger partial charge in [0.1, 0.15) is 0 Å². The molecule has 0 unspecified atom stereocenters. The fourth-order valence-corrected chi connectivity index (χ4v) is 1.11. The number of benzene rings is 1. The highest BCUT2D eigenvalue weighted by Gasteiger charge is 2.12. The van der Waals surface area contributed by atoms with E-state index in [4.69, 9.17) is 5.26 Å². The molecule has 0 aromatic heterocycles. The quantitative estimate of drug-likeness (QED) is 0.687. The molecule has 1 aromatic carbocycles. The van der Waals surface area contributed by atoms with E-state index in [1.165, 1.54) is 12.1 Å². The summed E-state index contributed by atoms with van der Waals surface area (Å²) in [7, 11) is 0. The first-order valence-electron chi connectivity index (χ1n) is 4.00. The lowest BCUT2D eigenvalue weighted by Gasteiger charge is -2.04. The fraction of sp³-hybridized carbons (Fsp3) is 0.300. The van der Waals surface area contributed by atoms with Crippen LogP contribution in [-0.2, 0) is 6.42 Å². The van der Waals surface area contributed by atoms with Crippen LogP contribution in [0.15, 0.2) is 18.2 Å². The molecule has 1 aromatic rings. The van der Waals surface area contributed by atoms with Gasteiger partial charge in [0.15, 0.2) is 0 Å². The van der Waals surface area contributed by atoms with Gasteiger partial charge in [0.05, 0.1) is 11.6 Å². The van der Waals surface area contributed by atoms with E-state index in [-0.39, 0.29) is 11.1 Å². The highest BCUT2D eigenvalue weighted by atomic mass is 19.3. The van der Waals surface area contributed by atoms with Crippen molar-refractivity contribution in [1.82, 2.24) is 0 Å². The van der Waals surface area contributed by atoms with Crippen molar-refractivity contribution < 1.29 is 8.78 Å². The van der Waals surface area contributed by atoms with Crippen LogP contribution in [-0.4, -0.2) is 0 Å². The second-order valence-corrected chi connectivity index (χ2v) is 2.69. The van der Waals surface area contributed by atoms with Crippen molar-refractivity contribution >= 4 is 0 Å². The van der Waals surface area contributed by atoms with Gasteiger partial charge in [0.2, 0.25) is 0 Å². The lowest BCUT2D eigenvalue weighted by Crippen LogP contribution is -1.92. The largest absolute Gasteiger partial charge is 0.265 e. The first-order valence-corrected chi connectivity index (χ1v) is 4.00. The predicted octanol–water partition coefficient (Wildman–Crippen LogP) is 3.06. The topological polar surface area (TPSA) is 23.8 Å². The highest BCUT2D eigenvalue weighted by Crippen LogP contribution is 2.23. The third kappa shape index (κ3) is 2.03. The smallest absolute Gasteiger partial charge is 0.205 e. The maximum absolute atomic E-state index is 12.4. The van der Waals surface area contributed by atoms with Crippen molar-refractivity contribution in [2.75, 3.05) is 0 Å². The Kier molecular flexibility index (Phi) is 2.97. The average molecular weight is 181 g/mol. The molecule has 0 aliphatic rings. The summed E-state index contributed by atoms with van der Waals surface area (Å²) in [6.45, 7) is 1.89. The van der Waals surface area contributed by atoms with Crippen molar-refractivity contribution in [3.8, 4) is 6.07 Å². The molecule has 3 heteroatoms. The van der Waals surface area contributed by atoms with E-state index >= 15 is 0 Å². The molecule has 0 bridgehead atoms. The highest BCUT2D eigenvalue weighted by molar-refractivity contribution is 5.41. The molecule has 0 N–H and O–H groups in total. The van der Waals surface area contributed by atoms with Crippen molar-refractivity contribution in [2.45, 2.75) is 19.8 Å². The Bertz CT molecular complexity index is 339. The number of hydrogen-bond donors (Lipinski definition) is 0. The van der Waals surface area contributed by atoms with Crippen LogP contribution in [0, 0.1) is 11.3 Å². The Morgan fingerprint density at radius 1 is 1.46 bits per heavy atom. The van der Waals surface area contributed by atoms with Gasteiger partial charge in [0.25, 0.3) is 6.43 Å². The zero-order chi connectivity index (χ0) is 9.84. The van der Waals surface area contributed by atoms with Gasteiger partial charge < -0.3 is 0 Å². The van der Waals surface area contributed by atoms with E-state index in [9.17, 15) is 8.78 Å². The zero-order valence-corrected chi connectivity index (χ0v) is 7.22. The minimum Gasteiger partial charge on any atom is -0.205 e. The Balaban J connectivity index is 3.20. The third-order valence-electron chi connectivity index (χ3n) is 1.88. The Morgan fingerprint density at radius 2 is 2.15 bits per heavy atom. The summed E-state index contributed by atoms with van der Waals surface area (Å²) in [5, 5.41) is 8.55. The molecule has 0 saturated carbocycles. The van der Waals surface area contributed by atoms with Gasteiger partial charge in [-0.25, -0.2) is 8.78 Å². The van der Waals surface area contributed by atoms with Crippen LogP contribution < -0.4 is 0 Å². The average Bonchev–Trinajstić information content (AvgIpc) is 2.16. The monoisotopic (exact) mass is 181 g/mol. The summed E-state index contributed by atoms with van der Waals surface area (Å²) in [5.41, 5.74) is 0.725. The van der Waals surface area contributed by atoms with Crippen molar-refractivity contribution in [2.24, 2.45) is 0 Å². The molecule has 1 rings (SSSR count). The lowest BCUT2D eigenvalue weighted by atomic mass is 10.0. The molecule has 0 fully saturated rings. The Hall–Kier alpha value is -1.43. The van der Waals surface area contributed by atoms with Gasteiger partial charge >= 0.3 is 0 Å². The van der Waals surface area contributed by atoms with Gasteiger partial charge in [-0.1, -0.05) is 13.0 Å². The fourth-order valence-electron chi connectivity index (χ4n) is 1.11. The lowest BCUT2D eigenvalue weighted by molar-refractivity contribution is 0.151. The van der Waals surface area contributed by atoms with Gasteiger partial charge in [0, 0.05) is 5.56 Å². The van der Waals surface area contributed by atoms with Crippen molar-refractivity contribution in [3.63, 3.8) is 0 Å². The van der Waals surface area contributed by atoms with Crippen LogP contribution in [0.5, 0.6) is 0 Å². The molecular weight excluding hydrogens is 172 g/mol. The van der Waals surface area contributed by atoms with Crippen LogP contribution in [0.4, 0.5) is 8.78 Å². The number of nitriles is 1. The first kappa shape index (κ1) is 9.66.